The molecule has 3 heteroatoms. The summed E-state index contributed by atoms with van der Waals surface area (Å²) >= 11 is 0. The van der Waals surface area contributed by atoms with Crippen LogP contribution < -0.4 is 5.32 Å². The summed E-state index contributed by atoms with van der Waals surface area (Å²) in [5.74, 6) is 0. The molecule has 0 amide bonds. The van der Waals surface area contributed by atoms with Crippen molar-refractivity contribution < 1.29 is 9.84 Å². The largest absolute Gasteiger partial charge is 0.386 e. The van der Waals surface area contributed by atoms with Crippen molar-refractivity contribution in [3.63, 3.8) is 0 Å². The number of hydrogen-bond donors (Lipinski definition) is 2. The summed E-state index contributed by atoms with van der Waals surface area (Å²) < 4.78 is 5.70. The molecule has 2 rings (SSSR count). The van der Waals surface area contributed by atoms with Crippen LogP contribution in [0.15, 0.2) is 12.2 Å². The number of aliphatic hydroxyl groups is 1. The van der Waals surface area contributed by atoms with Crippen LogP contribution in [0, 0.1) is 0 Å². The topological polar surface area (TPSA) is 41.5 Å². The maximum atomic E-state index is 10.2. The highest BCUT2D eigenvalue weighted by Crippen LogP contribution is 2.40. The second kappa shape index (κ2) is 3.33. The zero-order chi connectivity index (χ0) is 10.2. The third kappa shape index (κ3) is 1.60. The van der Waals surface area contributed by atoms with E-state index in [1.807, 2.05) is 6.92 Å². The van der Waals surface area contributed by atoms with E-state index in [0.29, 0.717) is 0 Å². The molecular weight excluding hydrogens is 178 g/mol. The minimum atomic E-state index is -0.654. The fourth-order valence-electron chi connectivity index (χ4n) is 2.39. The van der Waals surface area contributed by atoms with Gasteiger partial charge < -0.3 is 9.84 Å². The summed E-state index contributed by atoms with van der Waals surface area (Å²) in [5, 5.41) is 13.6. The van der Waals surface area contributed by atoms with Crippen LogP contribution >= 0.6 is 0 Å². The Kier molecular flexibility index (Phi) is 2.41. The molecule has 0 atom stereocenters. The Hall–Kier alpha value is -0.380. The van der Waals surface area contributed by atoms with Gasteiger partial charge in [-0.3, -0.25) is 5.32 Å². The molecular formula is C11H19NO2. The summed E-state index contributed by atoms with van der Waals surface area (Å²) in [6.07, 6.45) is 3.29. The first kappa shape index (κ1) is 10.1. The van der Waals surface area contributed by atoms with Gasteiger partial charge in [-0.15, -0.1) is 0 Å². The third-order valence-electron chi connectivity index (χ3n) is 3.61. The molecule has 1 saturated heterocycles. The lowest BCUT2D eigenvalue weighted by Crippen LogP contribution is -2.49. The maximum absolute atomic E-state index is 10.2. The summed E-state index contributed by atoms with van der Waals surface area (Å²) in [4.78, 5) is 0. The van der Waals surface area contributed by atoms with Crippen molar-refractivity contribution in [1.82, 2.24) is 5.32 Å². The van der Waals surface area contributed by atoms with Crippen molar-refractivity contribution in [3.8, 4) is 0 Å². The lowest BCUT2D eigenvalue weighted by Gasteiger charge is -2.41. The first-order valence-electron chi connectivity index (χ1n) is 5.34. The van der Waals surface area contributed by atoms with Crippen LogP contribution in [0.5, 0.6) is 0 Å². The van der Waals surface area contributed by atoms with E-state index >= 15 is 0 Å². The summed E-state index contributed by atoms with van der Waals surface area (Å²) in [7, 11) is 0. The molecule has 0 radical (unpaired) electrons. The summed E-state index contributed by atoms with van der Waals surface area (Å²) in [6.45, 7) is 7.49. The molecule has 1 heterocycles. The van der Waals surface area contributed by atoms with Crippen LogP contribution in [-0.2, 0) is 4.74 Å². The SMILES string of the molecule is C=C(C)C1(O)CCC2(CC1)NCCO2. The summed E-state index contributed by atoms with van der Waals surface area (Å²) in [5.41, 5.74) is 0.0888. The molecule has 2 aliphatic rings. The normalized spacial score (nSPS) is 43.0. The Morgan fingerprint density at radius 3 is 2.43 bits per heavy atom. The van der Waals surface area contributed by atoms with Gasteiger partial charge in [0.1, 0.15) is 5.72 Å². The smallest absolute Gasteiger partial charge is 0.119 e. The number of rotatable bonds is 1. The monoisotopic (exact) mass is 197 g/mol. The first-order chi connectivity index (χ1) is 6.56. The molecule has 2 fully saturated rings. The van der Waals surface area contributed by atoms with Crippen molar-refractivity contribution in [2.45, 2.75) is 43.9 Å². The molecule has 0 aromatic rings. The van der Waals surface area contributed by atoms with Crippen LogP contribution in [0.2, 0.25) is 0 Å². The Bertz CT molecular complexity index is 234. The van der Waals surface area contributed by atoms with Gasteiger partial charge in [-0.1, -0.05) is 6.58 Å². The molecule has 1 aliphatic carbocycles. The highest BCUT2D eigenvalue weighted by Gasteiger charge is 2.44. The minimum absolute atomic E-state index is 0.137. The van der Waals surface area contributed by atoms with Crippen molar-refractivity contribution >= 4 is 0 Å². The van der Waals surface area contributed by atoms with Crippen molar-refractivity contribution in [2.24, 2.45) is 0 Å². The van der Waals surface area contributed by atoms with E-state index in [4.69, 9.17) is 4.74 Å². The fourth-order valence-corrected chi connectivity index (χ4v) is 2.39. The van der Waals surface area contributed by atoms with Gasteiger partial charge in [0.15, 0.2) is 0 Å². The first-order valence-corrected chi connectivity index (χ1v) is 5.34. The van der Waals surface area contributed by atoms with Crippen LogP contribution in [0.3, 0.4) is 0 Å². The van der Waals surface area contributed by atoms with E-state index in [0.717, 1.165) is 44.4 Å². The highest BCUT2D eigenvalue weighted by atomic mass is 16.5. The average Bonchev–Trinajstić information content (AvgIpc) is 2.60. The molecule has 1 spiro atoms. The zero-order valence-corrected chi connectivity index (χ0v) is 8.81. The quantitative estimate of drug-likeness (QED) is 0.620. The second-order valence-corrected chi connectivity index (χ2v) is 4.58. The Balaban J connectivity index is 2.01. The predicted molar refractivity (Wildman–Crippen MR) is 54.9 cm³/mol. The van der Waals surface area contributed by atoms with Gasteiger partial charge in [-0.2, -0.15) is 0 Å². The zero-order valence-electron chi connectivity index (χ0n) is 8.81. The van der Waals surface area contributed by atoms with Crippen LogP contribution in [-0.4, -0.2) is 29.6 Å². The number of hydrogen-bond acceptors (Lipinski definition) is 3. The minimum Gasteiger partial charge on any atom is -0.386 e. The molecule has 0 bridgehead atoms. The Morgan fingerprint density at radius 2 is 2.00 bits per heavy atom. The third-order valence-corrected chi connectivity index (χ3v) is 3.61. The lowest BCUT2D eigenvalue weighted by atomic mass is 9.77. The van der Waals surface area contributed by atoms with Crippen LogP contribution in [0.25, 0.3) is 0 Å². The predicted octanol–water partition coefficient (Wildman–Crippen LogP) is 1.18. The van der Waals surface area contributed by atoms with E-state index in [1.54, 1.807) is 0 Å². The average molecular weight is 197 g/mol. The van der Waals surface area contributed by atoms with Crippen LogP contribution in [0.4, 0.5) is 0 Å². The molecule has 0 aromatic heterocycles. The van der Waals surface area contributed by atoms with E-state index < -0.39 is 5.60 Å². The number of nitrogens with one attached hydrogen (secondary N) is 1. The van der Waals surface area contributed by atoms with Gasteiger partial charge in [0.2, 0.25) is 0 Å². The molecule has 0 aromatic carbocycles. The van der Waals surface area contributed by atoms with E-state index in [1.165, 1.54) is 0 Å². The Labute approximate surface area is 85.1 Å². The standard InChI is InChI=1S/C11H19NO2/c1-9(2)10(13)3-5-11(6-4-10)12-7-8-14-11/h12-13H,1,3-8H2,2H3. The van der Waals surface area contributed by atoms with Crippen LogP contribution in [0.1, 0.15) is 32.6 Å². The molecule has 1 aliphatic heterocycles. The molecule has 2 N–H and O–H groups in total. The molecule has 1 saturated carbocycles. The van der Waals surface area contributed by atoms with E-state index in [2.05, 4.69) is 11.9 Å². The summed E-state index contributed by atoms with van der Waals surface area (Å²) in [6, 6.07) is 0. The van der Waals surface area contributed by atoms with E-state index in [-0.39, 0.29) is 5.72 Å². The van der Waals surface area contributed by atoms with Crippen molar-refractivity contribution in [2.75, 3.05) is 13.2 Å². The second-order valence-electron chi connectivity index (χ2n) is 4.58. The molecule has 0 unspecified atom stereocenters. The van der Waals surface area contributed by atoms with Crippen molar-refractivity contribution in [3.05, 3.63) is 12.2 Å². The molecule has 3 nitrogen and oxygen atoms in total. The molecule has 80 valence electrons. The van der Waals surface area contributed by atoms with Gasteiger partial charge in [-0.05, 0) is 38.2 Å². The Morgan fingerprint density at radius 1 is 1.36 bits per heavy atom. The van der Waals surface area contributed by atoms with Gasteiger partial charge >= 0.3 is 0 Å². The van der Waals surface area contributed by atoms with Gasteiger partial charge in [-0.25, -0.2) is 0 Å². The number of ether oxygens (including phenoxy) is 1. The highest BCUT2D eigenvalue weighted by molar-refractivity contribution is 5.12. The van der Waals surface area contributed by atoms with Gasteiger partial charge in [0.25, 0.3) is 0 Å². The van der Waals surface area contributed by atoms with Gasteiger partial charge in [0.05, 0.1) is 12.2 Å². The lowest BCUT2D eigenvalue weighted by molar-refractivity contribution is -0.0866. The molecule has 14 heavy (non-hydrogen) atoms. The van der Waals surface area contributed by atoms with Gasteiger partial charge in [0, 0.05) is 6.54 Å². The fraction of sp³-hybridized carbons (Fsp3) is 0.818. The van der Waals surface area contributed by atoms with Crippen molar-refractivity contribution in [1.29, 1.82) is 0 Å². The van der Waals surface area contributed by atoms with E-state index in [9.17, 15) is 5.11 Å². The maximum Gasteiger partial charge on any atom is 0.119 e.